The zero-order chi connectivity index (χ0) is 26.5. The fourth-order valence-electron chi connectivity index (χ4n) is 4.48. The van der Waals surface area contributed by atoms with Gasteiger partial charge in [-0.15, -0.1) is 0 Å². The molecule has 2 aromatic rings. The number of esters is 1. The van der Waals surface area contributed by atoms with Crippen molar-refractivity contribution in [3.05, 3.63) is 59.2 Å². The maximum atomic E-state index is 13.1. The minimum atomic E-state index is -2.98. The zero-order valence-corrected chi connectivity index (χ0v) is 20.7. The molecule has 0 bridgehead atoms. The molecular weight excluding hydrogens is 486 g/mol. The quantitative estimate of drug-likeness (QED) is 0.482. The minimum absolute atomic E-state index is 0.0377. The van der Waals surface area contributed by atoms with Crippen molar-refractivity contribution in [2.75, 3.05) is 20.3 Å². The van der Waals surface area contributed by atoms with Crippen molar-refractivity contribution >= 4 is 17.8 Å². The number of likely N-dealkylation sites (tertiary alicyclic amines) is 1. The normalized spacial score (nSPS) is 19.0. The van der Waals surface area contributed by atoms with Crippen molar-refractivity contribution in [2.24, 2.45) is 5.92 Å². The predicted octanol–water partition coefficient (Wildman–Crippen LogP) is 3.88. The van der Waals surface area contributed by atoms with Gasteiger partial charge in [-0.05, 0) is 60.6 Å². The molecule has 1 N–H and O–H groups in total. The lowest BCUT2D eigenvalue weighted by Gasteiger charge is -2.22. The van der Waals surface area contributed by atoms with E-state index in [1.54, 1.807) is 36.4 Å². The summed E-state index contributed by atoms with van der Waals surface area (Å²) in [5, 5.41) is 2.85. The first kappa shape index (κ1) is 26.4. The van der Waals surface area contributed by atoms with Crippen LogP contribution in [0.1, 0.15) is 53.6 Å². The second-order valence-electron chi connectivity index (χ2n) is 9.37. The molecule has 1 saturated carbocycles. The van der Waals surface area contributed by atoms with Crippen LogP contribution >= 0.6 is 0 Å². The van der Waals surface area contributed by atoms with Crippen LogP contribution in [0.5, 0.6) is 11.5 Å². The van der Waals surface area contributed by atoms with Crippen molar-refractivity contribution < 1.29 is 37.4 Å². The molecule has 2 fully saturated rings. The van der Waals surface area contributed by atoms with Gasteiger partial charge in [0.15, 0.2) is 11.5 Å². The Bertz CT molecular complexity index is 1150. The number of carbonyl (C=O) groups is 3. The van der Waals surface area contributed by atoms with Gasteiger partial charge in [0, 0.05) is 25.9 Å². The molecule has 2 atom stereocenters. The van der Waals surface area contributed by atoms with Gasteiger partial charge in [-0.1, -0.05) is 18.2 Å². The van der Waals surface area contributed by atoms with Gasteiger partial charge in [0.25, 0.3) is 0 Å². The van der Waals surface area contributed by atoms with Crippen molar-refractivity contribution in [3.8, 4) is 11.5 Å². The zero-order valence-electron chi connectivity index (χ0n) is 20.7. The highest BCUT2D eigenvalue weighted by Gasteiger charge is 2.39. The number of nitrogens with zero attached hydrogens (tertiary/aromatic N) is 1. The number of ether oxygens (including phenoxy) is 3. The lowest BCUT2D eigenvalue weighted by Crippen LogP contribution is -2.44. The smallest absolute Gasteiger partial charge is 0.387 e. The van der Waals surface area contributed by atoms with Crippen molar-refractivity contribution in [3.63, 3.8) is 0 Å². The molecule has 1 aliphatic heterocycles. The molecule has 0 aromatic heterocycles. The van der Waals surface area contributed by atoms with E-state index >= 15 is 0 Å². The number of amides is 2. The molecule has 1 aliphatic carbocycles. The van der Waals surface area contributed by atoms with E-state index in [0.717, 1.165) is 18.4 Å². The Kier molecular flexibility index (Phi) is 8.25. The number of rotatable bonds is 10. The molecular formula is C27H30F2N2O6. The molecule has 0 radical (unpaired) electrons. The van der Waals surface area contributed by atoms with Gasteiger partial charge in [-0.25, -0.2) is 4.79 Å². The summed E-state index contributed by atoms with van der Waals surface area (Å²) >= 11 is 0. The highest BCUT2D eigenvalue weighted by Crippen LogP contribution is 2.39. The van der Waals surface area contributed by atoms with Gasteiger partial charge in [0.2, 0.25) is 11.8 Å². The third kappa shape index (κ3) is 6.75. The average molecular weight is 517 g/mol. The minimum Gasteiger partial charge on any atom is -0.489 e. The summed E-state index contributed by atoms with van der Waals surface area (Å²) in [6.45, 7) is -0.658. The first-order valence-electron chi connectivity index (χ1n) is 12.2. The van der Waals surface area contributed by atoms with Crippen molar-refractivity contribution in [2.45, 2.75) is 51.3 Å². The Morgan fingerprint density at radius 1 is 1.11 bits per heavy atom. The largest absolute Gasteiger partial charge is 0.489 e. The van der Waals surface area contributed by atoms with E-state index in [-0.39, 0.29) is 35.8 Å². The maximum absolute atomic E-state index is 13.1. The Morgan fingerprint density at radius 2 is 1.89 bits per heavy atom. The summed E-state index contributed by atoms with van der Waals surface area (Å²) in [6.07, 6.45) is 2.46. The monoisotopic (exact) mass is 516 g/mol. The number of hydrogen-bond acceptors (Lipinski definition) is 6. The van der Waals surface area contributed by atoms with E-state index in [1.165, 1.54) is 25.0 Å². The number of hydrogen-bond donors (Lipinski definition) is 1. The molecule has 8 nitrogen and oxygen atoms in total. The number of alkyl halides is 2. The van der Waals surface area contributed by atoms with Gasteiger partial charge in [-0.2, -0.15) is 8.78 Å². The number of halogens is 2. The Balaban J connectivity index is 1.46. The number of benzene rings is 2. The lowest BCUT2D eigenvalue weighted by molar-refractivity contribution is -0.136. The van der Waals surface area contributed by atoms with E-state index in [2.05, 4.69) is 10.1 Å². The topological polar surface area (TPSA) is 94.2 Å². The van der Waals surface area contributed by atoms with Crippen LogP contribution in [0.4, 0.5) is 8.78 Å². The second-order valence-corrected chi connectivity index (χ2v) is 9.37. The highest BCUT2D eigenvalue weighted by molar-refractivity contribution is 5.90. The Labute approximate surface area is 213 Å². The fourth-order valence-corrected chi connectivity index (χ4v) is 4.48. The molecule has 37 heavy (non-hydrogen) atoms. The molecule has 1 heterocycles. The van der Waals surface area contributed by atoms with Crippen molar-refractivity contribution in [1.82, 2.24) is 10.2 Å². The van der Waals surface area contributed by atoms with E-state index in [4.69, 9.17) is 9.47 Å². The number of carbonyl (C=O) groups excluding carboxylic acids is 3. The van der Waals surface area contributed by atoms with Crippen LogP contribution in [-0.4, -0.2) is 55.6 Å². The highest BCUT2D eigenvalue weighted by atomic mass is 19.3. The maximum Gasteiger partial charge on any atom is 0.387 e. The van der Waals surface area contributed by atoms with Gasteiger partial charge >= 0.3 is 12.6 Å². The predicted molar refractivity (Wildman–Crippen MR) is 129 cm³/mol. The fraction of sp³-hybridized carbons (Fsp3) is 0.444. The SMILES string of the molecule is COC(=O)c1cccc(CNC(=O)[C@H]2CC(c3ccc(OC(F)F)c(OCC4CC4)c3)CN2C(C)=O)c1. The van der Waals surface area contributed by atoms with Crippen LogP contribution in [0.15, 0.2) is 42.5 Å². The molecule has 2 amide bonds. The van der Waals surface area contributed by atoms with Gasteiger partial charge in [0.1, 0.15) is 6.04 Å². The summed E-state index contributed by atoms with van der Waals surface area (Å²) in [7, 11) is 1.30. The number of methoxy groups -OCH3 is 1. The van der Waals surface area contributed by atoms with E-state index in [1.807, 2.05) is 0 Å². The van der Waals surface area contributed by atoms with Crippen LogP contribution in [0, 0.1) is 5.92 Å². The molecule has 4 rings (SSSR count). The summed E-state index contributed by atoms with van der Waals surface area (Å²) in [5.74, 6) is -0.598. The van der Waals surface area contributed by atoms with Crippen LogP contribution in [0.3, 0.4) is 0 Å². The lowest BCUT2D eigenvalue weighted by atomic mass is 9.95. The third-order valence-corrected chi connectivity index (χ3v) is 6.65. The Hall–Kier alpha value is -3.69. The summed E-state index contributed by atoms with van der Waals surface area (Å²) < 4.78 is 40.9. The van der Waals surface area contributed by atoms with E-state index in [0.29, 0.717) is 36.6 Å². The second kappa shape index (κ2) is 11.6. The van der Waals surface area contributed by atoms with Crippen LogP contribution in [-0.2, 0) is 20.9 Å². The molecule has 2 aromatic carbocycles. The molecule has 2 aliphatic rings. The molecule has 198 valence electrons. The van der Waals surface area contributed by atoms with E-state index in [9.17, 15) is 23.2 Å². The van der Waals surface area contributed by atoms with Crippen LogP contribution in [0.2, 0.25) is 0 Å². The summed E-state index contributed by atoms with van der Waals surface area (Å²) in [5.41, 5.74) is 1.87. The van der Waals surface area contributed by atoms with Crippen LogP contribution < -0.4 is 14.8 Å². The van der Waals surface area contributed by atoms with Gasteiger partial charge < -0.3 is 24.4 Å². The van der Waals surface area contributed by atoms with E-state index < -0.39 is 18.6 Å². The molecule has 10 heteroatoms. The first-order chi connectivity index (χ1) is 17.7. The molecule has 1 unspecified atom stereocenters. The summed E-state index contributed by atoms with van der Waals surface area (Å²) in [4.78, 5) is 38.7. The average Bonchev–Trinajstić information content (AvgIpc) is 3.60. The molecule has 0 spiro atoms. The first-order valence-corrected chi connectivity index (χ1v) is 12.2. The van der Waals surface area contributed by atoms with Crippen LogP contribution in [0.25, 0.3) is 0 Å². The standard InChI is InChI=1S/C27H30F2N2O6/c1-16(32)31-14-21(19-8-9-23(37-27(28)29)24(12-19)36-15-17-6-7-17)11-22(31)25(33)30-13-18-4-3-5-20(10-18)26(34)35-2/h3-5,8-10,12,17,21-22,27H,6-7,11,13-15H2,1-2H3,(H,30,33)/t21?,22-/m1/s1. The number of nitrogens with one attached hydrogen (secondary N) is 1. The van der Waals surface area contributed by atoms with Gasteiger partial charge in [-0.3, -0.25) is 9.59 Å². The Morgan fingerprint density at radius 3 is 2.57 bits per heavy atom. The van der Waals surface area contributed by atoms with Gasteiger partial charge in [0.05, 0.1) is 19.3 Å². The summed E-state index contributed by atoms with van der Waals surface area (Å²) in [6, 6.07) is 10.8. The van der Waals surface area contributed by atoms with Crippen molar-refractivity contribution in [1.29, 1.82) is 0 Å². The molecule has 1 saturated heterocycles. The third-order valence-electron chi connectivity index (χ3n) is 6.65.